The number of aromatic nitrogens is 1. The van der Waals surface area contributed by atoms with E-state index in [9.17, 15) is 8.42 Å². The van der Waals surface area contributed by atoms with Gasteiger partial charge in [-0.05, 0) is 55.7 Å². The lowest BCUT2D eigenvalue weighted by Crippen LogP contribution is -2.25. The van der Waals surface area contributed by atoms with Gasteiger partial charge in [0.1, 0.15) is 5.75 Å². The van der Waals surface area contributed by atoms with Gasteiger partial charge >= 0.3 is 0 Å². The molecule has 0 atom stereocenters. The molecule has 0 bridgehead atoms. The van der Waals surface area contributed by atoms with Gasteiger partial charge in [-0.3, -0.25) is 0 Å². The van der Waals surface area contributed by atoms with E-state index in [2.05, 4.69) is 4.98 Å². The second-order valence-corrected chi connectivity index (χ2v) is 9.39. The van der Waals surface area contributed by atoms with E-state index in [-0.39, 0.29) is 9.92 Å². The van der Waals surface area contributed by atoms with Crippen LogP contribution in [0.25, 0.3) is 11.5 Å². The molecule has 0 N–H and O–H groups in total. The molecule has 1 aliphatic rings. The molecule has 0 saturated carbocycles. The molecule has 30 heavy (non-hydrogen) atoms. The van der Waals surface area contributed by atoms with Crippen LogP contribution in [-0.4, -0.2) is 33.6 Å². The number of ether oxygens (including phenoxy) is 1. The average molecular weight is 427 g/mol. The summed E-state index contributed by atoms with van der Waals surface area (Å²) < 4.78 is 38.3. The summed E-state index contributed by atoms with van der Waals surface area (Å²) in [5, 5.41) is -0.0205. The number of hydrogen-bond acceptors (Lipinski definition) is 6. The van der Waals surface area contributed by atoms with Gasteiger partial charge in [0, 0.05) is 18.7 Å². The lowest BCUT2D eigenvalue weighted by atomic mass is 10.1. The first-order valence-corrected chi connectivity index (χ1v) is 11.7. The Morgan fingerprint density at radius 1 is 0.967 bits per heavy atom. The Labute approximate surface area is 177 Å². The normalized spacial score (nSPS) is 15.1. The van der Waals surface area contributed by atoms with Gasteiger partial charge in [-0.25, -0.2) is 8.42 Å². The summed E-state index contributed by atoms with van der Waals surface area (Å²) in [4.78, 5) is 6.71. The molecule has 0 radical (unpaired) electrons. The number of benzene rings is 2. The lowest BCUT2D eigenvalue weighted by molar-refractivity contribution is 0.414. The van der Waals surface area contributed by atoms with Crippen molar-refractivity contribution in [3.05, 3.63) is 54.1 Å². The minimum absolute atomic E-state index is 0.0205. The predicted octanol–water partition coefficient (Wildman–Crippen LogP) is 4.87. The van der Waals surface area contributed by atoms with E-state index < -0.39 is 9.84 Å². The highest BCUT2D eigenvalue weighted by atomic mass is 32.2. The van der Waals surface area contributed by atoms with Crippen molar-refractivity contribution in [1.29, 1.82) is 0 Å². The fraction of sp³-hybridized carbons (Fsp3) is 0.348. The molecule has 1 saturated heterocycles. The van der Waals surface area contributed by atoms with E-state index >= 15 is 0 Å². The molecule has 0 spiro atoms. The summed E-state index contributed by atoms with van der Waals surface area (Å²) in [5.74, 6) is 1.27. The molecule has 3 aromatic rings. The molecule has 0 aliphatic carbocycles. The quantitative estimate of drug-likeness (QED) is 0.579. The number of anilines is 1. The van der Waals surface area contributed by atoms with Gasteiger partial charge in [-0.15, -0.1) is 0 Å². The van der Waals surface area contributed by atoms with Crippen LogP contribution >= 0.6 is 0 Å². The number of hydrogen-bond donors (Lipinski definition) is 0. The van der Waals surface area contributed by atoms with Gasteiger partial charge in [0.2, 0.25) is 26.6 Å². The highest BCUT2D eigenvalue weighted by molar-refractivity contribution is 7.91. The standard InChI is InChI=1S/C23H26N2O4S/c1-17-9-5-6-10-20(17)21-24-22(23(29-21)25-15-7-3-4-8-16-25)30(26,27)19-13-11-18(28-2)12-14-19/h5-6,9-14H,3-4,7-8,15-16H2,1-2H3. The molecule has 1 aromatic heterocycles. The summed E-state index contributed by atoms with van der Waals surface area (Å²) in [6.45, 7) is 3.48. The Bertz CT molecular complexity index is 1110. The zero-order chi connectivity index (χ0) is 21.1. The molecule has 1 fully saturated rings. The maximum absolute atomic E-state index is 13.5. The maximum Gasteiger partial charge on any atom is 0.236 e. The van der Waals surface area contributed by atoms with Gasteiger partial charge in [-0.1, -0.05) is 31.0 Å². The van der Waals surface area contributed by atoms with E-state index in [1.807, 2.05) is 36.1 Å². The van der Waals surface area contributed by atoms with Crippen LogP contribution in [0.3, 0.4) is 0 Å². The van der Waals surface area contributed by atoms with Gasteiger partial charge in [-0.2, -0.15) is 4.98 Å². The number of nitrogens with zero attached hydrogens (tertiary/aromatic N) is 2. The minimum Gasteiger partial charge on any atom is -0.497 e. The third-order valence-corrected chi connectivity index (χ3v) is 7.14. The highest BCUT2D eigenvalue weighted by Gasteiger charge is 2.32. The lowest BCUT2D eigenvalue weighted by Gasteiger charge is -2.20. The number of sulfone groups is 1. The molecular formula is C23H26N2O4S. The van der Waals surface area contributed by atoms with E-state index in [0.29, 0.717) is 17.5 Å². The van der Waals surface area contributed by atoms with Crippen molar-refractivity contribution >= 4 is 15.7 Å². The fourth-order valence-corrected chi connectivity index (χ4v) is 5.06. The van der Waals surface area contributed by atoms with Crippen molar-refractivity contribution in [2.75, 3.05) is 25.1 Å². The van der Waals surface area contributed by atoms with Crippen LogP contribution in [0.5, 0.6) is 5.75 Å². The first-order valence-electron chi connectivity index (χ1n) is 10.2. The van der Waals surface area contributed by atoms with E-state index in [0.717, 1.165) is 49.9 Å². The van der Waals surface area contributed by atoms with Crippen molar-refractivity contribution in [2.45, 2.75) is 42.5 Å². The topological polar surface area (TPSA) is 72.6 Å². The van der Waals surface area contributed by atoms with Crippen molar-refractivity contribution in [1.82, 2.24) is 4.98 Å². The van der Waals surface area contributed by atoms with Crippen LogP contribution in [-0.2, 0) is 9.84 Å². The summed E-state index contributed by atoms with van der Waals surface area (Å²) >= 11 is 0. The summed E-state index contributed by atoms with van der Waals surface area (Å²) in [7, 11) is -2.31. The monoisotopic (exact) mass is 426 g/mol. The van der Waals surface area contributed by atoms with Crippen molar-refractivity contribution in [2.24, 2.45) is 0 Å². The molecule has 6 nitrogen and oxygen atoms in total. The summed E-state index contributed by atoms with van der Waals surface area (Å²) in [6.07, 6.45) is 4.27. The Hall–Kier alpha value is -2.80. The minimum atomic E-state index is -3.86. The molecule has 0 amide bonds. The smallest absolute Gasteiger partial charge is 0.236 e. The van der Waals surface area contributed by atoms with Crippen molar-refractivity contribution < 1.29 is 17.6 Å². The average Bonchev–Trinajstić information content (AvgIpc) is 3.03. The van der Waals surface area contributed by atoms with E-state index in [4.69, 9.17) is 9.15 Å². The Balaban J connectivity index is 1.84. The third-order valence-electron chi connectivity index (χ3n) is 5.47. The molecule has 158 valence electrons. The molecule has 7 heteroatoms. The maximum atomic E-state index is 13.5. The van der Waals surface area contributed by atoms with Gasteiger partial charge in [0.05, 0.1) is 12.0 Å². The molecule has 1 aliphatic heterocycles. The second kappa shape index (κ2) is 8.52. The first kappa shape index (κ1) is 20.5. The molecule has 2 heterocycles. The third kappa shape index (κ3) is 3.94. The van der Waals surface area contributed by atoms with Crippen molar-refractivity contribution in [3.63, 3.8) is 0 Å². The molecule has 2 aromatic carbocycles. The van der Waals surface area contributed by atoms with Gasteiger partial charge in [0.25, 0.3) is 0 Å². The molecule has 4 rings (SSSR count). The zero-order valence-electron chi connectivity index (χ0n) is 17.3. The van der Waals surface area contributed by atoms with Crippen LogP contribution in [0.4, 0.5) is 5.88 Å². The summed E-state index contributed by atoms with van der Waals surface area (Å²) in [5.41, 5.74) is 1.78. The van der Waals surface area contributed by atoms with Crippen LogP contribution in [0, 0.1) is 6.92 Å². The number of oxazole rings is 1. The molecule has 0 unspecified atom stereocenters. The van der Waals surface area contributed by atoms with Crippen LogP contribution in [0.2, 0.25) is 0 Å². The van der Waals surface area contributed by atoms with Crippen LogP contribution in [0.15, 0.2) is 62.9 Å². The predicted molar refractivity (Wildman–Crippen MR) is 116 cm³/mol. The van der Waals surface area contributed by atoms with E-state index in [1.165, 1.54) is 0 Å². The summed E-state index contributed by atoms with van der Waals surface area (Å²) in [6, 6.07) is 14.1. The van der Waals surface area contributed by atoms with Gasteiger partial charge in [0.15, 0.2) is 0 Å². The Kier molecular flexibility index (Phi) is 5.81. The second-order valence-electron chi connectivity index (χ2n) is 7.52. The largest absolute Gasteiger partial charge is 0.497 e. The Morgan fingerprint density at radius 2 is 1.63 bits per heavy atom. The fourth-order valence-electron chi connectivity index (χ4n) is 3.74. The highest BCUT2D eigenvalue weighted by Crippen LogP contribution is 2.36. The Morgan fingerprint density at radius 3 is 2.27 bits per heavy atom. The number of aryl methyl sites for hydroxylation is 1. The SMILES string of the molecule is COc1ccc(S(=O)(=O)c2nc(-c3ccccc3C)oc2N2CCCCCC2)cc1. The zero-order valence-corrected chi connectivity index (χ0v) is 18.1. The first-order chi connectivity index (χ1) is 14.5. The number of rotatable bonds is 5. The van der Waals surface area contributed by atoms with Crippen molar-refractivity contribution in [3.8, 4) is 17.2 Å². The molecular weight excluding hydrogens is 400 g/mol. The number of methoxy groups -OCH3 is 1. The van der Waals surface area contributed by atoms with Gasteiger partial charge < -0.3 is 14.1 Å². The van der Waals surface area contributed by atoms with Crippen LogP contribution < -0.4 is 9.64 Å². The van der Waals surface area contributed by atoms with Crippen LogP contribution in [0.1, 0.15) is 31.2 Å². The van der Waals surface area contributed by atoms with E-state index in [1.54, 1.807) is 31.4 Å².